The molecule has 1 amide bonds. The van der Waals surface area contributed by atoms with Gasteiger partial charge in [-0.05, 0) is 48.2 Å². The summed E-state index contributed by atoms with van der Waals surface area (Å²) in [5, 5.41) is 21.9. The van der Waals surface area contributed by atoms with Gasteiger partial charge in [-0.2, -0.15) is 0 Å². The lowest BCUT2D eigenvalue weighted by Crippen LogP contribution is -2.17. The fraction of sp³-hybridized carbons (Fsp3) is 0.118. The van der Waals surface area contributed by atoms with Gasteiger partial charge in [0.1, 0.15) is 12.1 Å². The third kappa shape index (κ3) is 5.26. The van der Waals surface area contributed by atoms with E-state index < -0.39 is 22.9 Å². The number of ether oxygens (including phenoxy) is 1. The first-order valence-corrected chi connectivity index (χ1v) is 8.91. The molecule has 0 saturated heterocycles. The molecule has 3 aromatic rings. The second-order valence-corrected chi connectivity index (χ2v) is 6.80. The van der Waals surface area contributed by atoms with E-state index in [2.05, 4.69) is 20.3 Å². The normalized spacial score (nSPS) is 11.2. The van der Waals surface area contributed by atoms with Crippen LogP contribution in [-0.2, 0) is 7.05 Å². The Morgan fingerprint density at radius 1 is 1.23 bits per heavy atom. The van der Waals surface area contributed by atoms with Crippen molar-refractivity contribution in [2.75, 3.05) is 5.32 Å². The molecule has 0 spiro atoms. The molecule has 0 aliphatic heterocycles. The number of carbonyl (C=O) groups is 1. The molecule has 0 aliphatic carbocycles. The smallest absolute Gasteiger partial charge is 0.406 e. The summed E-state index contributed by atoms with van der Waals surface area (Å²) in [4.78, 5) is 23.5. The minimum Gasteiger partial charge on any atom is -0.406 e. The van der Waals surface area contributed by atoms with Gasteiger partial charge < -0.3 is 14.6 Å². The van der Waals surface area contributed by atoms with Gasteiger partial charge in [0.25, 0.3) is 11.6 Å². The van der Waals surface area contributed by atoms with Crippen molar-refractivity contribution in [2.24, 2.45) is 7.05 Å². The molecule has 1 N–H and O–H groups in total. The Morgan fingerprint density at radius 2 is 1.93 bits per heavy atom. The summed E-state index contributed by atoms with van der Waals surface area (Å²) >= 11 is 1.02. The standard InChI is InChI=1S/C17H12F3N5O4S/c1-24-9-21-23-16(24)30-14-7-2-10(8-13(14)25(27)28)15(26)22-11-3-5-12(6-4-11)29-17(18,19)20/h2-9H,1H3,(H,22,26). The zero-order chi connectivity index (χ0) is 21.9. The highest BCUT2D eigenvalue weighted by Gasteiger charge is 2.31. The predicted octanol–water partition coefficient (Wildman–Crippen LogP) is 4.03. The molecule has 0 unspecified atom stereocenters. The minimum atomic E-state index is -4.82. The summed E-state index contributed by atoms with van der Waals surface area (Å²) in [5.74, 6) is -1.11. The maximum absolute atomic E-state index is 12.4. The molecular weight excluding hydrogens is 427 g/mol. The van der Waals surface area contributed by atoms with Crippen molar-refractivity contribution in [3.05, 3.63) is 64.5 Å². The molecule has 3 rings (SSSR count). The molecular formula is C17H12F3N5O4S. The molecule has 0 atom stereocenters. The number of alkyl halides is 3. The lowest BCUT2D eigenvalue weighted by Gasteiger charge is -2.10. The first-order chi connectivity index (χ1) is 14.1. The molecule has 13 heteroatoms. The lowest BCUT2D eigenvalue weighted by molar-refractivity contribution is -0.387. The van der Waals surface area contributed by atoms with Gasteiger partial charge in [-0.25, -0.2) is 0 Å². The number of nitro groups is 1. The van der Waals surface area contributed by atoms with Gasteiger partial charge in [0.15, 0.2) is 5.16 Å². The molecule has 2 aromatic carbocycles. The summed E-state index contributed by atoms with van der Waals surface area (Å²) in [5.41, 5.74) is -0.112. The van der Waals surface area contributed by atoms with Crippen molar-refractivity contribution in [1.82, 2.24) is 14.8 Å². The van der Waals surface area contributed by atoms with Crippen LogP contribution in [0.2, 0.25) is 0 Å². The third-order valence-corrected chi connectivity index (χ3v) is 4.75. The quantitative estimate of drug-likeness (QED) is 0.456. The monoisotopic (exact) mass is 439 g/mol. The van der Waals surface area contributed by atoms with E-state index in [1.165, 1.54) is 30.6 Å². The number of rotatable bonds is 6. The number of aryl methyl sites for hydroxylation is 1. The number of nitro benzene ring substituents is 1. The van der Waals surface area contributed by atoms with Gasteiger partial charge in [0, 0.05) is 24.4 Å². The molecule has 0 aliphatic rings. The van der Waals surface area contributed by atoms with E-state index in [0.717, 1.165) is 30.0 Å². The zero-order valence-electron chi connectivity index (χ0n) is 15.1. The Labute approximate surface area is 171 Å². The van der Waals surface area contributed by atoms with Gasteiger partial charge >= 0.3 is 6.36 Å². The number of nitrogens with one attached hydrogen (secondary N) is 1. The predicted molar refractivity (Wildman–Crippen MR) is 99.3 cm³/mol. The van der Waals surface area contributed by atoms with Crippen LogP contribution in [0, 0.1) is 10.1 Å². The van der Waals surface area contributed by atoms with Gasteiger partial charge in [-0.3, -0.25) is 14.9 Å². The molecule has 0 bridgehead atoms. The Bertz CT molecular complexity index is 1090. The summed E-state index contributed by atoms with van der Waals surface area (Å²) in [6.45, 7) is 0. The molecule has 0 saturated carbocycles. The van der Waals surface area contributed by atoms with E-state index in [9.17, 15) is 28.1 Å². The number of aromatic nitrogens is 3. The van der Waals surface area contributed by atoms with Gasteiger partial charge in [0.05, 0.1) is 9.82 Å². The van der Waals surface area contributed by atoms with Crippen molar-refractivity contribution in [2.45, 2.75) is 16.4 Å². The highest BCUT2D eigenvalue weighted by Crippen LogP contribution is 2.34. The largest absolute Gasteiger partial charge is 0.573 e. The van der Waals surface area contributed by atoms with Gasteiger partial charge in [0.2, 0.25) is 0 Å². The number of amides is 1. The van der Waals surface area contributed by atoms with Crippen molar-refractivity contribution in [3.8, 4) is 5.75 Å². The maximum Gasteiger partial charge on any atom is 0.573 e. The van der Waals surface area contributed by atoms with Gasteiger partial charge in [-0.1, -0.05) is 0 Å². The fourth-order valence-electron chi connectivity index (χ4n) is 2.29. The molecule has 1 heterocycles. The Kier molecular flexibility index (Phi) is 5.91. The number of carbonyl (C=O) groups excluding carboxylic acids is 1. The topological polar surface area (TPSA) is 112 Å². The van der Waals surface area contributed by atoms with E-state index in [1.807, 2.05) is 0 Å². The number of hydrogen-bond acceptors (Lipinski definition) is 7. The summed E-state index contributed by atoms with van der Waals surface area (Å²) < 4.78 is 41.9. The van der Waals surface area contributed by atoms with Crippen molar-refractivity contribution in [3.63, 3.8) is 0 Å². The number of nitrogens with zero attached hydrogens (tertiary/aromatic N) is 4. The van der Waals surface area contributed by atoms with E-state index >= 15 is 0 Å². The van der Waals surface area contributed by atoms with Crippen molar-refractivity contribution >= 4 is 29.0 Å². The summed E-state index contributed by atoms with van der Waals surface area (Å²) in [6, 6.07) is 8.40. The van der Waals surface area contributed by atoms with E-state index in [4.69, 9.17) is 0 Å². The third-order valence-electron chi connectivity index (χ3n) is 3.63. The van der Waals surface area contributed by atoms with Crippen LogP contribution < -0.4 is 10.1 Å². The summed E-state index contributed by atoms with van der Waals surface area (Å²) in [6.07, 6.45) is -3.38. The Balaban J connectivity index is 1.76. The molecule has 156 valence electrons. The SMILES string of the molecule is Cn1cnnc1Sc1ccc(C(=O)Nc2ccc(OC(F)(F)F)cc2)cc1[N+](=O)[O-]. The van der Waals surface area contributed by atoms with E-state index in [0.29, 0.717) is 5.16 Å². The number of hydrogen-bond donors (Lipinski definition) is 1. The number of anilines is 1. The van der Waals surface area contributed by atoms with Crippen LogP contribution in [0.25, 0.3) is 0 Å². The lowest BCUT2D eigenvalue weighted by atomic mass is 10.2. The zero-order valence-corrected chi connectivity index (χ0v) is 15.9. The Hall–Kier alpha value is -3.61. The minimum absolute atomic E-state index is 0.000339. The highest BCUT2D eigenvalue weighted by molar-refractivity contribution is 7.99. The maximum atomic E-state index is 12.4. The van der Waals surface area contributed by atoms with Crippen LogP contribution in [0.1, 0.15) is 10.4 Å². The van der Waals surface area contributed by atoms with Crippen LogP contribution in [-0.4, -0.2) is 32.0 Å². The second-order valence-electron chi connectivity index (χ2n) is 5.79. The highest BCUT2D eigenvalue weighted by atomic mass is 32.2. The second kappa shape index (κ2) is 8.41. The van der Waals surface area contributed by atoms with Crippen molar-refractivity contribution in [1.29, 1.82) is 0 Å². The fourth-order valence-corrected chi connectivity index (χ4v) is 3.14. The number of halogens is 3. The first kappa shape index (κ1) is 21.1. The molecule has 9 nitrogen and oxygen atoms in total. The van der Waals surface area contributed by atoms with Crippen LogP contribution in [0.3, 0.4) is 0 Å². The van der Waals surface area contributed by atoms with Gasteiger partial charge in [-0.15, -0.1) is 23.4 Å². The molecule has 30 heavy (non-hydrogen) atoms. The average Bonchev–Trinajstić information content (AvgIpc) is 3.07. The van der Waals surface area contributed by atoms with Crippen LogP contribution in [0.5, 0.6) is 5.75 Å². The van der Waals surface area contributed by atoms with Crippen LogP contribution in [0.15, 0.2) is 58.8 Å². The molecule has 1 aromatic heterocycles. The van der Waals surface area contributed by atoms with E-state index in [-0.39, 0.29) is 21.8 Å². The number of benzene rings is 2. The first-order valence-electron chi connectivity index (χ1n) is 8.10. The average molecular weight is 439 g/mol. The van der Waals surface area contributed by atoms with Crippen LogP contribution >= 0.6 is 11.8 Å². The Morgan fingerprint density at radius 3 is 2.50 bits per heavy atom. The van der Waals surface area contributed by atoms with E-state index in [1.54, 1.807) is 11.6 Å². The van der Waals surface area contributed by atoms with Crippen LogP contribution in [0.4, 0.5) is 24.5 Å². The molecule has 0 fully saturated rings. The van der Waals surface area contributed by atoms with Crippen molar-refractivity contribution < 1.29 is 27.6 Å². The summed E-state index contributed by atoms with van der Waals surface area (Å²) in [7, 11) is 1.68. The molecule has 0 radical (unpaired) electrons.